The first-order valence-corrected chi connectivity index (χ1v) is 8.56. The third-order valence-electron chi connectivity index (χ3n) is 3.63. The summed E-state index contributed by atoms with van der Waals surface area (Å²) in [6.45, 7) is 4.01. The molecule has 0 radical (unpaired) electrons. The average Bonchev–Trinajstić information content (AvgIpc) is 3.03. The van der Waals surface area contributed by atoms with E-state index < -0.39 is 0 Å². The number of nitrogens with zero attached hydrogens (tertiary/aromatic N) is 2. The van der Waals surface area contributed by atoms with Crippen LogP contribution < -0.4 is 5.32 Å². The number of aryl methyl sites for hydroxylation is 1. The summed E-state index contributed by atoms with van der Waals surface area (Å²) in [5, 5.41) is 5.58. The number of hydrogen-bond acceptors (Lipinski definition) is 2. The summed E-state index contributed by atoms with van der Waals surface area (Å²) in [5.74, 6) is 0.962. The van der Waals surface area contributed by atoms with Gasteiger partial charge in [0, 0.05) is 32.1 Å². The highest BCUT2D eigenvalue weighted by Gasteiger charge is 2.06. The van der Waals surface area contributed by atoms with Crippen molar-refractivity contribution in [3.05, 3.63) is 57.8 Å². The van der Waals surface area contributed by atoms with Crippen LogP contribution in [-0.4, -0.2) is 38.0 Å². The summed E-state index contributed by atoms with van der Waals surface area (Å²) < 4.78 is 0. The number of thiophene rings is 1. The van der Waals surface area contributed by atoms with Gasteiger partial charge in [0.25, 0.3) is 0 Å². The molecule has 0 aliphatic rings. The van der Waals surface area contributed by atoms with Crippen LogP contribution in [0.4, 0.5) is 0 Å². The molecule has 1 aromatic heterocycles. The van der Waals surface area contributed by atoms with Crippen LogP contribution in [0.25, 0.3) is 0 Å². The fraction of sp³-hybridized carbons (Fsp3) is 0.389. The normalized spacial score (nSPS) is 11.0. The summed E-state index contributed by atoms with van der Waals surface area (Å²) in [7, 11) is 3.94. The lowest BCUT2D eigenvalue weighted by Crippen LogP contribution is -2.40. The van der Waals surface area contributed by atoms with Crippen molar-refractivity contribution in [1.29, 1.82) is 0 Å². The molecule has 0 atom stereocenters. The largest absolute Gasteiger partial charge is 0.356 e. The van der Waals surface area contributed by atoms with Crippen LogP contribution in [0.3, 0.4) is 0 Å². The molecular formula is C18H26IN3S. The average molecular weight is 443 g/mol. The Labute approximate surface area is 160 Å². The smallest absolute Gasteiger partial charge is 0.193 e. The van der Waals surface area contributed by atoms with Gasteiger partial charge in [-0.1, -0.05) is 35.9 Å². The summed E-state index contributed by atoms with van der Waals surface area (Å²) in [6, 6.07) is 13.0. The predicted molar refractivity (Wildman–Crippen MR) is 112 cm³/mol. The van der Waals surface area contributed by atoms with Gasteiger partial charge in [-0.2, -0.15) is 0 Å². The van der Waals surface area contributed by atoms with Crippen molar-refractivity contribution in [2.45, 2.75) is 19.8 Å². The van der Waals surface area contributed by atoms with E-state index in [1.54, 1.807) is 0 Å². The number of nitrogens with one attached hydrogen (secondary N) is 1. The van der Waals surface area contributed by atoms with E-state index in [4.69, 9.17) is 0 Å². The zero-order chi connectivity index (χ0) is 15.8. The monoisotopic (exact) mass is 443 g/mol. The number of rotatable bonds is 6. The van der Waals surface area contributed by atoms with Crippen LogP contribution in [0.2, 0.25) is 0 Å². The molecule has 2 aromatic rings. The highest BCUT2D eigenvalue weighted by molar-refractivity contribution is 14.0. The minimum Gasteiger partial charge on any atom is -0.356 e. The molecular weight excluding hydrogens is 417 g/mol. The first-order valence-electron chi connectivity index (χ1n) is 7.69. The van der Waals surface area contributed by atoms with E-state index in [-0.39, 0.29) is 24.0 Å². The Kier molecular flexibility index (Phi) is 9.24. The van der Waals surface area contributed by atoms with E-state index >= 15 is 0 Å². The molecule has 23 heavy (non-hydrogen) atoms. The predicted octanol–water partition coefficient (Wildman–Crippen LogP) is 3.97. The maximum Gasteiger partial charge on any atom is 0.193 e. The Hall–Kier alpha value is -1.08. The van der Waals surface area contributed by atoms with Crippen LogP contribution >= 0.6 is 35.3 Å². The maximum absolute atomic E-state index is 4.37. The van der Waals surface area contributed by atoms with Crippen molar-refractivity contribution < 1.29 is 0 Å². The van der Waals surface area contributed by atoms with Crippen LogP contribution in [0, 0.1) is 6.92 Å². The van der Waals surface area contributed by atoms with Gasteiger partial charge < -0.3 is 10.2 Å². The number of aliphatic imine (C=N–C) groups is 1. The summed E-state index contributed by atoms with van der Waals surface area (Å²) in [4.78, 5) is 7.98. The Bertz CT molecular complexity index is 596. The fourth-order valence-electron chi connectivity index (χ4n) is 2.41. The molecule has 0 aliphatic carbocycles. The molecule has 0 unspecified atom stereocenters. The zero-order valence-electron chi connectivity index (χ0n) is 14.1. The molecule has 126 valence electrons. The van der Waals surface area contributed by atoms with Crippen molar-refractivity contribution >= 4 is 41.3 Å². The molecule has 5 heteroatoms. The van der Waals surface area contributed by atoms with Gasteiger partial charge in [0.2, 0.25) is 0 Å². The van der Waals surface area contributed by atoms with E-state index in [2.05, 4.69) is 71.0 Å². The molecule has 0 spiro atoms. The van der Waals surface area contributed by atoms with Gasteiger partial charge in [-0.05, 0) is 36.8 Å². The minimum absolute atomic E-state index is 0. The number of halogens is 1. The number of benzene rings is 1. The second kappa shape index (κ2) is 10.6. The maximum atomic E-state index is 4.37. The standard InChI is InChI=1S/C18H25N3S.HI/c1-15-6-4-7-16(14-15)9-11-20-18(19-2)21(3)12-10-17-8-5-13-22-17;/h4-8,13-14H,9-12H2,1-3H3,(H,19,20);1H. The Morgan fingerprint density at radius 1 is 1.22 bits per heavy atom. The second-order valence-corrected chi connectivity index (χ2v) is 6.50. The summed E-state index contributed by atoms with van der Waals surface area (Å²) in [5.41, 5.74) is 2.68. The SMILES string of the molecule is CN=C(NCCc1cccc(C)c1)N(C)CCc1cccs1.I. The number of hydrogen-bond donors (Lipinski definition) is 1. The van der Waals surface area contributed by atoms with Gasteiger partial charge in [0.1, 0.15) is 0 Å². The van der Waals surface area contributed by atoms with Crippen LogP contribution in [-0.2, 0) is 12.8 Å². The molecule has 1 aromatic carbocycles. The molecule has 3 nitrogen and oxygen atoms in total. The van der Waals surface area contributed by atoms with Crippen LogP contribution in [0.15, 0.2) is 46.8 Å². The van der Waals surface area contributed by atoms with Gasteiger partial charge in [-0.15, -0.1) is 35.3 Å². The minimum atomic E-state index is 0. The second-order valence-electron chi connectivity index (χ2n) is 5.46. The van der Waals surface area contributed by atoms with E-state index in [0.29, 0.717) is 0 Å². The van der Waals surface area contributed by atoms with Gasteiger partial charge in [0.05, 0.1) is 0 Å². The topological polar surface area (TPSA) is 27.6 Å². The lowest BCUT2D eigenvalue weighted by Gasteiger charge is -2.21. The molecule has 1 heterocycles. The Morgan fingerprint density at radius 2 is 2.04 bits per heavy atom. The first kappa shape index (κ1) is 20.0. The first-order chi connectivity index (χ1) is 10.7. The highest BCUT2D eigenvalue weighted by atomic mass is 127. The van der Waals surface area contributed by atoms with Crippen molar-refractivity contribution in [1.82, 2.24) is 10.2 Å². The molecule has 0 bridgehead atoms. The number of likely N-dealkylation sites (N-methyl/N-ethyl adjacent to an activating group) is 1. The molecule has 0 amide bonds. The fourth-order valence-corrected chi connectivity index (χ4v) is 3.11. The van der Waals surface area contributed by atoms with E-state index in [1.807, 2.05) is 18.4 Å². The lowest BCUT2D eigenvalue weighted by atomic mass is 10.1. The molecule has 0 saturated carbocycles. The highest BCUT2D eigenvalue weighted by Crippen LogP contribution is 2.09. The molecule has 2 rings (SSSR count). The molecule has 0 aliphatic heterocycles. The van der Waals surface area contributed by atoms with Crippen LogP contribution in [0.1, 0.15) is 16.0 Å². The van der Waals surface area contributed by atoms with Crippen LogP contribution in [0.5, 0.6) is 0 Å². The Morgan fingerprint density at radius 3 is 2.70 bits per heavy atom. The van der Waals surface area contributed by atoms with E-state index in [0.717, 1.165) is 31.9 Å². The lowest BCUT2D eigenvalue weighted by molar-refractivity contribution is 0.487. The van der Waals surface area contributed by atoms with E-state index in [9.17, 15) is 0 Å². The van der Waals surface area contributed by atoms with Gasteiger partial charge in [-0.25, -0.2) is 0 Å². The van der Waals surface area contributed by atoms with Gasteiger partial charge in [0.15, 0.2) is 5.96 Å². The van der Waals surface area contributed by atoms with Crippen molar-refractivity contribution in [2.75, 3.05) is 27.2 Å². The summed E-state index contributed by atoms with van der Waals surface area (Å²) in [6.07, 6.45) is 2.08. The molecule has 1 N–H and O–H groups in total. The quantitative estimate of drug-likeness (QED) is 0.416. The molecule has 0 saturated heterocycles. The zero-order valence-corrected chi connectivity index (χ0v) is 17.2. The third kappa shape index (κ3) is 6.91. The van der Waals surface area contributed by atoms with E-state index in [1.165, 1.54) is 16.0 Å². The van der Waals surface area contributed by atoms with Crippen molar-refractivity contribution in [3.8, 4) is 0 Å². The third-order valence-corrected chi connectivity index (χ3v) is 4.56. The number of guanidine groups is 1. The van der Waals surface area contributed by atoms with Gasteiger partial charge in [-0.3, -0.25) is 4.99 Å². The van der Waals surface area contributed by atoms with Gasteiger partial charge >= 0.3 is 0 Å². The molecule has 0 fully saturated rings. The summed E-state index contributed by atoms with van der Waals surface area (Å²) >= 11 is 1.81. The Balaban J connectivity index is 0.00000264. The van der Waals surface area contributed by atoms with Crippen molar-refractivity contribution in [2.24, 2.45) is 4.99 Å². The van der Waals surface area contributed by atoms with Crippen molar-refractivity contribution in [3.63, 3.8) is 0 Å².